The number of hydrogen-bond donors (Lipinski definition) is 1. The Morgan fingerprint density at radius 2 is 2.00 bits per heavy atom. The minimum absolute atomic E-state index is 0.00926. The van der Waals surface area contributed by atoms with Crippen molar-refractivity contribution < 1.29 is 22.7 Å². The molecule has 1 aromatic heterocycles. The van der Waals surface area contributed by atoms with Gasteiger partial charge >= 0.3 is 5.97 Å². The molecule has 96 valence electrons. The summed E-state index contributed by atoms with van der Waals surface area (Å²) in [5, 5.41) is 8.31. The highest BCUT2D eigenvalue weighted by atomic mass is 32.2. The fraction of sp³-hybridized carbons (Fsp3) is 0.545. The van der Waals surface area contributed by atoms with Crippen molar-refractivity contribution in [1.82, 2.24) is 0 Å². The number of rotatable bonds is 5. The van der Waals surface area contributed by atoms with Gasteiger partial charge in [-0.1, -0.05) is 13.8 Å². The van der Waals surface area contributed by atoms with Gasteiger partial charge in [-0.05, 0) is 18.9 Å². The molecule has 0 fully saturated rings. The summed E-state index contributed by atoms with van der Waals surface area (Å²) in [5.41, 5.74) is -0.0930. The van der Waals surface area contributed by atoms with Crippen molar-refractivity contribution >= 4 is 15.8 Å². The van der Waals surface area contributed by atoms with Crippen LogP contribution < -0.4 is 0 Å². The summed E-state index contributed by atoms with van der Waals surface area (Å²) in [6.45, 7) is 5.23. The number of carbonyl (C=O) groups is 1. The van der Waals surface area contributed by atoms with Gasteiger partial charge in [0.05, 0.1) is 11.5 Å². The zero-order chi connectivity index (χ0) is 13.2. The number of aromatic carboxylic acids is 1. The van der Waals surface area contributed by atoms with Crippen molar-refractivity contribution in [3.63, 3.8) is 0 Å². The lowest BCUT2D eigenvalue weighted by molar-refractivity contribution is 0.0695. The zero-order valence-corrected chi connectivity index (χ0v) is 10.8. The van der Waals surface area contributed by atoms with Gasteiger partial charge in [0.2, 0.25) is 0 Å². The molecule has 0 aromatic carbocycles. The van der Waals surface area contributed by atoms with Crippen LogP contribution in [0, 0.1) is 5.92 Å². The molecule has 1 heterocycles. The Bertz CT molecular complexity index is 498. The van der Waals surface area contributed by atoms with E-state index in [2.05, 4.69) is 0 Å². The lowest BCUT2D eigenvalue weighted by Crippen LogP contribution is -2.25. The predicted octanol–water partition coefficient (Wildman–Crippen LogP) is 1.94. The van der Waals surface area contributed by atoms with Crippen LogP contribution in [0.4, 0.5) is 0 Å². The summed E-state index contributed by atoms with van der Waals surface area (Å²) >= 11 is 0. The van der Waals surface area contributed by atoms with E-state index in [1.165, 1.54) is 12.3 Å². The first-order valence-electron chi connectivity index (χ1n) is 5.27. The molecule has 1 rings (SSSR count). The van der Waals surface area contributed by atoms with E-state index >= 15 is 0 Å². The summed E-state index contributed by atoms with van der Waals surface area (Å²) in [5.74, 6) is -1.59. The Hall–Kier alpha value is -1.30. The van der Waals surface area contributed by atoms with E-state index in [1.807, 2.05) is 13.8 Å². The van der Waals surface area contributed by atoms with Gasteiger partial charge in [-0.2, -0.15) is 0 Å². The molecular weight excluding hydrogens is 244 g/mol. The highest BCUT2D eigenvalue weighted by molar-refractivity contribution is 7.91. The molecule has 0 bridgehead atoms. The second kappa shape index (κ2) is 4.91. The van der Waals surface area contributed by atoms with Gasteiger partial charge in [-0.3, -0.25) is 0 Å². The molecule has 1 unspecified atom stereocenters. The summed E-state index contributed by atoms with van der Waals surface area (Å²) in [6.07, 6.45) is 1.19. The van der Waals surface area contributed by atoms with Gasteiger partial charge in [0.15, 0.2) is 9.84 Å². The molecule has 0 aliphatic rings. The molecule has 0 radical (unpaired) electrons. The molecule has 0 saturated carbocycles. The Balaban J connectivity index is 2.99. The summed E-state index contributed by atoms with van der Waals surface area (Å²) in [7, 11) is -3.40. The first-order chi connectivity index (χ1) is 7.75. The maximum atomic E-state index is 12.0. The van der Waals surface area contributed by atoms with E-state index in [0.29, 0.717) is 0 Å². The second-order valence-corrected chi connectivity index (χ2v) is 6.68. The number of sulfone groups is 1. The van der Waals surface area contributed by atoms with Gasteiger partial charge in [-0.25, -0.2) is 13.2 Å². The largest absolute Gasteiger partial charge is 0.478 e. The van der Waals surface area contributed by atoms with Gasteiger partial charge < -0.3 is 9.52 Å². The Morgan fingerprint density at radius 3 is 2.47 bits per heavy atom. The fourth-order valence-electron chi connectivity index (χ4n) is 1.37. The molecule has 17 heavy (non-hydrogen) atoms. The molecule has 1 N–H and O–H groups in total. The maximum Gasteiger partial charge on any atom is 0.339 e. The van der Waals surface area contributed by atoms with Crippen molar-refractivity contribution in [2.75, 3.05) is 0 Å². The van der Waals surface area contributed by atoms with Crippen molar-refractivity contribution in [3.05, 3.63) is 23.7 Å². The molecule has 0 saturated heterocycles. The first-order valence-corrected chi connectivity index (χ1v) is 6.98. The first kappa shape index (κ1) is 13.8. The lowest BCUT2D eigenvalue weighted by atomic mass is 10.2. The van der Waals surface area contributed by atoms with Gasteiger partial charge in [0.1, 0.15) is 17.1 Å². The molecule has 0 amide bonds. The van der Waals surface area contributed by atoms with Crippen molar-refractivity contribution in [2.45, 2.75) is 31.8 Å². The lowest BCUT2D eigenvalue weighted by Gasteiger charge is -2.15. The summed E-state index contributed by atoms with van der Waals surface area (Å²) in [6, 6.07) is 1.26. The minimum atomic E-state index is -3.40. The second-order valence-electron chi connectivity index (χ2n) is 4.32. The van der Waals surface area contributed by atoms with Gasteiger partial charge in [-0.15, -0.1) is 0 Å². The monoisotopic (exact) mass is 260 g/mol. The fourth-order valence-corrected chi connectivity index (χ4v) is 3.05. The zero-order valence-electron chi connectivity index (χ0n) is 10.0. The molecule has 1 aromatic rings. The molecule has 5 nitrogen and oxygen atoms in total. The maximum absolute atomic E-state index is 12.0. The van der Waals surface area contributed by atoms with E-state index in [-0.39, 0.29) is 23.0 Å². The van der Waals surface area contributed by atoms with Crippen LogP contribution in [0.25, 0.3) is 0 Å². The van der Waals surface area contributed by atoms with Crippen molar-refractivity contribution in [1.29, 1.82) is 0 Å². The van der Waals surface area contributed by atoms with Crippen LogP contribution in [-0.2, 0) is 15.6 Å². The average Bonchev–Trinajstić information content (AvgIpc) is 2.63. The van der Waals surface area contributed by atoms with Crippen LogP contribution in [0.3, 0.4) is 0 Å². The quantitative estimate of drug-likeness (QED) is 0.874. The third-order valence-corrected chi connectivity index (χ3v) is 5.16. The van der Waals surface area contributed by atoms with Crippen LogP contribution in [0.5, 0.6) is 0 Å². The molecule has 0 aliphatic heterocycles. The standard InChI is InChI=1S/C11H16O5S/c1-7(2)8(3)17(14,15)6-10-9(11(12)13)4-5-16-10/h4-5,7-8H,6H2,1-3H3,(H,12,13). The number of furan rings is 1. The van der Waals surface area contributed by atoms with Crippen LogP contribution in [-0.4, -0.2) is 24.7 Å². The smallest absolute Gasteiger partial charge is 0.339 e. The Kier molecular flexibility index (Phi) is 3.98. The van der Waals surface area contributed by atoms with E-state index in [1.54, 1.807) is 6.92 Å². The third kappa shape index (κ3) is 3.09. The van der Waals surface area contributed by atoms with Crippen molar-refractivity contribution in [3.8, 4) is 0 Å². The molecule has 1 atom stereocenters. The number of carboxylic acids is 1. The van der Waals surface area contributed by atoms with Crippen LogP contribution in [0.1, 0.15) is 36.9 Å². The highest BCUT2D eigenvalue weighted by Gasteiger charge is 2.27. The minimum Gasteiger partial charge on any atom is -0.478 e. The normalized spacial score (nSPS) is 13.9. The summed E-state index contributed by atoms with van der Waals surface area (Å²) in [4.78, 5) is 10.8. The third-order valence-electron chi connectivity index (χ3n) is 2.81. The average molecular weight is 260 g/mol. The van der Waals surface area contributed by atoms with Crippen LogP contribution in [0.15, 0.2) is 16.7 Å². The van der Waals surface area contributed by atoms with E-state index < -0.39 is 21.1 Å². The van der Waals surface area contributed by atoms with Gasteiger partial charge in [0.25, 0.3) is 0 Å². The van der Waals surface area contributed by atoms with Crippen molar-refractivity contribution in [2.24, 2.45) is 5.92 Å². The van der Waals surface area contributed by atoms with E-state index in [9.17, 15) is 13.2 Å². The number of hydrogen-bond acceptors (Lipinski definition) is 4. The molecule has 6 heteroatoms. The number of carboxylic acid groups (broad SMARTS) is 1. The van der Waals surface area contributed by atoms with Crippen LogP contribution >= 0.6 is 0 Å². The highest BCUT2D eigenvalue weighted by Crippen LogP contribution is 2.20. The summed E-state index contributed by atoms with van der Waals surface area (Å²) < 4.78 is 28.9. The predicted molar refractivity (Wildman–Crippen MR) is 62.6 cm³/mol. The molecule has 0 spiro atoms. The van der Waals surface area contributed by atoms with E-state index in [0.717, 1.165) is 0 Å². The van der Waals surface area contributed by atoms with Crippen LogP contribution in [0.2, 0.25) is 0 Å². The molecule has 0 aliphatic carbocycles. The molecular formula is C11H16O5S. The SMILES string of the molecule is CC(C)C(C)S(=O)(=O)Cc1occc1C(=O)O. The van der Waals surface area contributed by atoms with E-state index in [4.69, 9.17) is 9.52 Å². The topological polar surface area (TPSA) is 84.6 Å². The Labute approximate surface area is 100 Å². The Morgan fingerprint density at radius 1 is 1.41 bits per heavy atom. The van der Waals surface area contributed by atoms with Gasteiger partial charge in [0, 0.05) is 0 Å².